The topological polar surface area (TPSA) is 86.5 Å². The lowest BCUT2D eigenvalue weighted by Crippen LogP contribution is -2.14. The van der Waals surface area contributed by atoms with Crippen LogP contribution in [-0.2, 0) is 0 Å². The fraction of sp³-hybridized carbons (Fsp3) is 0. The minimum atomic E-state index is -0.171. The van der Waals surface area contributed by atoms with Crippen LogP contribution in [0.4, 0.5) is 0 Å². The lowest BCUT2D eigenvalue weighted by atomic mass is 9.90. The number of carbonyl (C=O) groups excluding carboxylic acids is 1. The second-order valence-electron chi connectivity index (χ2n) is 12.8. The molecule has 0 bridgehead atoms. The van der Waals surface area contributed by atoms with E-state index in [4.69, 9.17) is 15.0 Å². The SMILES string of the molecule is O=C1c2ncccc2-c2nccc3c2c1nc1ccc(-c2ccc4c(c2)c2ccccc2n4-c2nc(-c4ccccc4)c4ccccc4n2)cc13. The van der Waals surface area contributed by atoms with E-state index in [0.717, 1.165) is 88.0 Å². The Hall–Kier alpha value is -7.12. The molecule has 0 unspecified atom stereocenters. The largest absolute Gasteiger partial charge is 0.285 e. The number of rotatable bonds is 3. The average molecular weight is 653 g/mol. The number of carbonyl (C=O) groups is 1. The van der Waals surface area contributed by atoms with Crippen LogP contribution in [0.25, 0.3) is 94.0 Å². The number of aromatic nitrogens is 6. The molecule has 5 heterocycles. The first-order chi connectivity index (χ1) is 25.2. The molecule has 0 saturated heterocycles. The van der Waals surface area contributed by atoms with Crippen molar-refractivity contribution >= 4 is 60.2 Å². The van der Waals surface area contributed by atoms with Crippen molar-refractivity contribution in [3.63, 3.8) is 0 Å². The van der Waals surface area contributed by atoms with Crippen LogP contribution in [0.5, 0.6) is 0 Å². The number of nitrogens with zero attached hydrogens (tertiary/aromatic N) is 6. The van der Waals surface area contributed by atoms with Crippen molar-refractivity contribution in [2.45, 2.75) is 0 Å². The van der Waals surface area contributed by atoms with Crippen molar-refractivity contribution in [2.24, 2.45) is 0 Å². The van der Waals surface area contributed by atoms with E-state index in [1.165, 1.54) is 0 Å². The maximum absolute atomic E-state index is 13.6. The van der Waals surface area contributed by atoms with E-state index in [-0.39, 0.29) is 5.78 Å². The van der Waals surface area contributed by atoms with Crippen LogP contribution in [0.15, 0.2) is 146 Å². The molecule has 0 fully saturated rings. The molecule has 0 aliphatic heterocycles. The molecule has 7 nitrogen and oxygen atoms in total. The molecule has 51 heavy (non-hydrogen) atoms. The Morgan fingerprint density at radius 2 is 1.16 bits per heavy atom. The van der Waals surface area contributed by atoms with Gasteiger partial charge in [-0.1, -0.05) is 78.9 Å². The summed E-state index contributed by atoms with van der Waals surface area (Å²) < 4.78 is 2.17. The molecule has 5 aromatic heterocycles. The zero-order valence-electron chi connectivity index (χ0n) is 26.9. The summed E-state index contributed by atoms with van der Waals surface area (Å²) in [6.07, 6.45) is 3.44. The molecule has 7 heteroatoms. The van der Waals surface area contributed by atoms with Gasteiger partial charge in [-0.05, 0) is 71.1 Å². The van der Waals surface area contributed by atoms with Crippen molar-refractivity contribution in [3.8, 4) is 39.6 Å². The smallest absolute Gasteiger partial charge is 0.235 e. The molecule has 0 radical (unpaired) electrons. The summed E-state index contributed by atoms with van der Waals surface area (Å²) in [6, 6.07) is 45.5. The normalized spacial score (nSPS) is 12.4. The summed E-state index contributed by atoms with van der Waals surface area (Å²) in [5.41, 5.74) is 10.1. The van der Waals surface area contributed by atoms with Gasteiger partial charge in [-0.15, -0.1) is 0 Å². The first-order valence-corrected chi connectivity index (χ1v) is 16.8. The maximum atomic E-state index is 13.6. The van der Waals surface area contributed by atoms with E-state index >= 15 is 0 Å². The van der Waals surface area contributed by atoms with Crippen LogP contribution in [0.1, 0.15) is 16.2 Å². The fourth-order valence-electron chi connectivity index (χ4n) is 7.74. The van der Waals surface area contributed by atoms with Crippen LogP contribution in [-0.4, -0.2) is 35.3 Å². The first-order valence-electron chi connectivity index (χ1n) is 16.8. The minimum absolute atomic E-state index is 0.171. The average Bonchev–Trinajstić information content (AvgIpc) is 3.53. The number of para-hydroxylation sites is 2. The highest BCUT2D eigenvalue weighted by Gasteiger charge is 2.29. The molecular weight excluding hydrogens is 629 g/mol. The molecule has 0 N–H and O–H groups in total. The van der Waals surface area contributed by atoms with E-state index in [1.807, 2.05) is 60.7 Å². The second kappa shape index (κ2) is 10.4. The molecule has 0 atom stereocenters. The van der Waals surface area contributed by atoms with Crippen LogP contribution in [0.3, 0.4) is 0 Å². The van der Waals surface area contributed by atoms with Gasteiger partial charge in [-0.2, -0.15) is 0 Å². The van der Waals surface area contributed by atoms with Crippen molar-refractivity contribution < 1.29 is 4.79 Å². The monoisotopic (exact) mass is 652 g/mol. The minimum Gasteiger partial charge on any atom is -0.285 e. The van der Waals surface area contributed by atoms with Gasteiger partial charge in [0.1, 0.15) is 11.4 Å². The Morgan fingerprint density at radius 3 is 2.06 bits per heavy atom. The highest BCUT2D eigenvalue weighted by atomic mass is 16.1. The molecule has 11 rings (SSSR count). The molecule has 0 saturated carbocycles. The number of hydrogen-bond acceptors (Lipinski definition) is 6. The van der Waals surface area contributed by atoms with Crippen molar-refractivity contribution in [2.75, 3.05) is 0 Å². The van der Waals surface area contributed by atoms with Crippen molar-refractivity contribution in [1.82, 2.24) is 29.5 Å². The standard InChI is InChI=1S/C44H24N6O/c51-43-41-31(13-8-21-45-41)40-38-29(20-22-46-40)32-23-26(16-18-35(32)47-42(38)43)27-17-19-37-33(24-27)28-11-5-7-15-36(28)50(37)44-48-34-14-6-4-12-30(34)39(49-44)25-9-2-1-3-10-25/h1-24H. The van der Waals surface area contributed by atoms with Crippen LogP contribution >= 0.6 is 0 Å². The third kappa shape index (κ3) is 4.00. The van der Waals surface area contributed by atoms with E-state index < -0.39 is 0 Å². The maximum Gasteiger partial charge on any atom is 0.235 e. The summed E-state index contributed by atoms with van der Waals surface area (Å²) in [5, 5.41) is 5.93. The molecule has 1 aliphatic carbocycles. The zero-order chi connectivity index (χ0) is 33.6. The van der Waals surface area contributed by atoms with Gasteiger partial charge < -0.3 is 0 Å². The van der Waals surface area contributed by atoms with Crippen LogP contribution in [0, 0.1) is 0 Å². The predicted octanol–water partition coefficient (Wildman–Crippen LogP) is 9.76. The van der Waals surface area contributed by atoms with Gasteiger partial charge in [-0.25, -0.2) is 15.0 Å². The van der Waals surface area contributed by atoms with Crippen molar-refractivity contribution in [3.05, 3.63) is 157 Å². The third-order valence-electron chi connectivity index (χ3n) is 10.0. The number of hydrogen-bond donors (Lipinski definition) is 0. The quantitative estimate of drug-likeness (QED) is 0.177. The van der Waals surface area contributed by atoms with Crippen LogP contribution in [0.2, 0.25) is 0 Å². The third-order valence-corrected chi connectivity index (χ3v) is 10.0. The van der Waals surface area contributed by atoms with E-state index in [9.17, 15) is 4.79 Å². The highest BCUT2D eigenvalue weighted by Crippen LogP contribution is 2.41. The summed E-state index contributed by atoms with van der Waals surface area (Å²) in [7, 11) is 0. The van der Waals surface area contributed by atoms with Crippen LogP contribution < -0.4 is 0 Å². The van der Waals surface area contributed by atoms with Gasteiger partial charge in [0.15, 0.2) is 0 Å². The number of pyridine rings is 3. The highest BCUT2D eigenvalue weighted by molar-refractivity contribution is 6.27. The summed E-state index contributed by atoms with van der Waals surface area (Å²) in [4.78, 5) is 37.8. The molecule has 0 amide bonds. The summed E-state index contributed by atoms with van der Waals surface area (Å²) in [6.45, 7) is 0. The van der Waals surface area contributed by atoms with Gasteiger partial charge in [0, 0.05) is 50.5 Å². The Kier molecular flexibility index (Phi) is 5.69. The molecule has 236 valence electrons. The Morgan fingerprint density at radius 1 is 0.431 bits per heavy atom. The lowest BCUT2D eigenvalue weighted by molar-refractivity contribution is 0.103. The molecule has 1 aliphatic rings. The molecule has 5 aromatic carbocycles. The zero-order valence-corrected chi connectivity index (χ0v) is 26.9. The first kappa shape index (κ1) is 27.8. The fourth-order valence-corrected chi connectivity index (χ4v) is 7.74. The lowest BCUT2D eigenvalue weighted by Gasteiger charge is -2.18. The number of ketones is 1. The molecule has 10 aromatic rings. The number of fused-ring (bicyclic) bond motifs is 8. The summed E-state index contributed by atoms with van der Waals surface area (Å²) in [5.74, 6) is 0.456. The Labute approximate surface area is 290 Å². The van der Waals surface area contributed by atoms with E-state index in [2.05, 4.69) is 87.3 Å². The van der Waals surface area contributed by atoms with E-state index in [1.54, 1.807) is 12.4 Å². The second-order valence-corrected chi connectivity index (χ2v) is 12.8. The van der Waals surface area contributed by atoms with Gasteiger partial charge in [0.05, 0.1) is 33.5 Å². The van der Waals surface area contributed by atoms with Gasteiger partial charge in [-0.3, -0.25) is 19.3 Å². The molecular formula is C44H24N6O. The van der Waals surface area contributed by atoms with Gasteiger partial charge in [0.2, 0.25) is 11.7 Å². The van der Waals surface area contributed by atoms with Gasteiger partial charge in [0.25, 0.3) is 0 Å². The van der Waals surface area contributed by atoms with E-state index in [0.29, 0.717) is 17.3 Å². The predicted molar refractivity (Wildman–Crippen MR) is 202 cm³/mol. The van der Waals surface area contributed by atoms with Gasteiger partial charge >= 0.3 is 0 Å². The Balaban J connectivity index is 1.12. The number of benzene rings is 5. The van der Waals surface area contributed by atoms with Crippen molar-refractivity contribution in [1.29, 1.82) is 0 Å². The summed E-state index contributed by atoms with van der Waals surface area (Å²) >= 11 is 0. The Bertz CT molecular complexity index is 3110. The molecule has 0 spiro atoms.